The Morgan fingerprint density at radius 1 is 1.45 bits per heavy atom. The number of para-hydroxylation sites is 1. The Morgan fingerprint density at radius 2 is 2.14 bits per heavy atom. The number of carboxylic acids is 1. The number of hydrogen-bond donors (Lipinski definition) is 1. The van der Waals surface area contributed by atoms with Crippen LogP contribution in [0.3, 0.4) is 0 Å². The van der Waals surface area contributed by atoms with Crippen molar-refractivity contribution < 1.29 is 28.2 Å². The van der Waals surface area contributed by atoms with E-state index in [0.717, 1.165) is 16.7 Å². The van der Waals surface area contributed by atoms with Gasteiger partial charge in [0.1, 0.15) is 16.6 Å². The number of carbonyl (C=O) groups is 2. The van der Waals surface area contributed by atoms with Crippen LogP contribution in [0.15, 0.2) is 29.2 Å². The highest BCUT2D eigenvalue weighted by Crippen LogP contribution is 2.34. The van der Waals surface area contributed by atoms with Crippen LogP contribution < -0.4 is 4.74 Å². The minimum absolute atomic E-state index is 0.0824. The monoisotopic (exact) mass is 345 g/mol. The van der Waals surface area contributed by atoms with Gasteiger partial charge in [-0.25, -0.2) is 0 Å². The zero-order valence-electron chi connectivity index (χ0n) is 10.9. The maximum Gasteiger partial charge on any atom is 0.387 e. The van der Waals surface area contributed by atoms with Crippen molar-refractivity contribution in [2.24, 2.45) is 0 Å². The lowest BCUT2D eigenvalue weighted by atomic mass is 10.2. The van der Waals surface area contributed by atoms with E-state index in [-0.39, 0.29) is 20.5 Å². The number of rotatable bonds is 5. The minimum atomic E-state index is -2.99. The predicted octanol–water partition coefficient (Wildman–Crippen LogP) is 2.57. The highest BCUT2D eigenvalue weighted by atomic mass is 32.2. The summed E-state index contributed by atoms with van der Waals surface area (Å²) in [5, 5.41) is 8.74. The van der Waals surface area contributed by atoms with E-state index in [0.29, 0.717) is 0 Å². The molecule has 1 heterocycles. The highest BCUT2D eigenvalue weighted by Gasteiger charge is 2.33. The van der Waals surface area contributed by atoms with Crippen molar-refractivity contribution >= 4 is 46.3 Å². The standard InChI is InChI=1S/C13H9F2NO4S2/c14-12(15)20-8-4-2-1-3-7(8)5-9-11(19)16(6-10(17)18)13(21)22-9/h1-5,12H,6H2,(H,17,18)/b9-5+. The van der Waals surface area contributed by atoms with E-state index in [1.54, 1.807) is 6.07 Å². The predicted molar refractivity (Wildman–Crippen MR) is 80.6 cm³/mol. The zero-order valence-corrected chi connectivity index (χ0v) is 12.5. The molecule has 0 aliphatic carbocycles. The maximum atomic E-state index is 12.3. The molecule has 0 spiro atoms. The van der Waals surface area contributed by atoms with Gasteiger partial charge in [0.2, 0.25) is 0 Å². The number of amides is 1. The number of alkyl halides is 2. The molecule has 0 radical (unpaired) electrons. The first-order valence-electron chi connectivity index (χ1n) is 5.89. The number of thioether (sulfide) groups is 1. The molecule has 0 aromatic heterocycles. The zero-order chi connectivity index (χ0) is 16.3. The SMILES string of the molecule is O=C(O)CN1C(=O)/C(=C\c2ccccc2OC(F)F)SC1=S. The first-order chi connectivity index (χ1) is 10.4. The van der Waals surface area contributed by atoms with Crippen molar-refractivity contribution in [2.45, 2.75) is 6.61 Å². The maximum absolute atomic E-state index is 12.3. The van der Waals surface area contributed by atoms with Crippen LogP contribution in [-0.2, 0) is 9.59 Å². The molecule has 1 saturated heterocycles. The Morgan fingerprint density at radius 3 is 2.77 bits per heavy atom. The van der Waals surface area contributed by atoms with Gasteiger partial charge in [-0.3, -0.25) is 14.5 Å². The van der Waals surface area contributed by atoms with Gasteiger partial charge >= 0.3 is 12.6 Å². The van der Waals surface area contributed by atoms with Gasteiger partial charge in [-0.05, 0) is 12.1 Å². The smallest absolute Gasteiger partial charge is 0.387 e. The van der Waals surface area contributed by atoms with Crippen LogP contribution in [0.2, 0.25) is 0 Å². The van der Waals surface area contributed by atoms with Crippen molar-refractivity contribution in [1.82, 2.24) is 4.90 Å². The van der Waals surface area contributed by atoms with Crippen molar-refractivity contribution in [1.29, 1.82) is 0 Å². The second-order valence-electron chi connectivity index (χ2n) is 4.08. The molecular formula is C13H9F2NO4S2. The molecule has 1 N–H and O–H groups in total. The quantitative estimate of drug-likeness (QED) is 0.654. The number of aliphatic carboxylic acids is 1. The van der Waals surface area contributed by atoms with E-state index in [2.05, 4.69) is 4.74 Å². The molecule has 0 atom stereocenters. The van der Waals surface area contributed by atoms with Gasteiger partial charge in [-0.1, -0.05) is 42.2 Å². The summed E-state index contributed by atoms with van der Waals surface area (Å²) in [4.78, 5) is 23.9. The van der Waals surface area contributed by atoms with Crippen LogP contribution in [0.25, 0.3) is 6.08 Å². The molecule has 2 rings (SSSR count). The Hall–Kier alpha value is -2.00. The lowest BCUT2D eigenvalue weighted by Gasteiger charge is -2.10. The van der Waals surface area contributed by atoms with E-state index in [1.807, 2.05) is 0 Å². The molecular weight excluding hydrogens is 336 g/mol. The number of halogens is 2. The highest BCUT2D eigenvalue weighted by molar-refractivity contribution is 8.26. The van der Waals surface area contributed by atoms with Crippen LogP contribution in [0, 0.1) is 0 Å². The van der Waals surface area contributed by atoms with E-state index in [4.69, 9.17) is 17.3 Å². The summed E-state index contributed by atoms with van der Waals surface area (Å²) in [7, 11) is 0. The average molecular weight is 345 g/mol. The summed E-state index contributed by atoms with van der Waals surface area (Å²) in [5.41, 5.74) is 0.277. The summed E-state index contributed by atoms with van der Waals surface area (Å²) < 4.78 is 29.2. The molecule has 1 amide bonds. The number of carboxylic acid groups (broad SMARTS) is 1. The molecule has 1 aliphatic heterocycles. The molecule has 22 heavy (non-hydrogen) atoms. The first-order valence-corrected chi connectivity index (χ1v) is 7.12. The fraction of sp³-hybridized carbons (Fsp3) is 0.154. The van der Waals surface area contributed by atoms with Gasteiger partial charge in [0.25, 0.3) is 5.91 Å². The number of ether oxygens (including phenoxy) is 1. The van der Waals surface area contributed by atoms with Gasteiger partial charge < -0.3 is 9.84 Å². The average Bonchev–Trinajstić information content (AvgIpc) is 2.68. The summed E-state index contributed by atoms with van der Waals surface area (Å²) in [6.45, 7) is -3.53. The van der Waals surface area contributed by atoms with E-state index in [9.17, 15) is 18.4 Å². The second kappa shape index (κ2) is 6.84. The molecule has 5 nitrogen and oxygen atoms in total. The van der Waals surface area contributed by atoms with Crippen molar-refractivity contribution in [2.75, 3.05) is 6.54 Å². The Bertz CT molecular complexity index is 663. The largest absolute Gasteiger partial charge is 0.480 e. The van der Waals surface area contributed by atoms with Gasteiger partial charge in [-0.15, -0.1) is 0 Å². The van der Waals surface area contributed by atoms with Crippen LogP contribution in [0.1, 0.15) is 5.56 Å². The van der Waals surface area contributed by atoms with Gasteiger partial charge in [-0.2, -0.15) is 8.78 Å². The third-order valence-electron chi connectivity index (χ3n) is 2.59. The topological polar surface area (TPSA) is 66.8 Å². The van der Waals surface area contributed by atoms with Crippen molar-refractivity contribution in [3.63, 3.8) is 0 Å². The van der Waals surface area contributed by atoms with Gasteiger partial charge in [0.05, 0.1) is 4.91 Å². The normalized spacial score (nSPS) is 16.7. The molecule has 1 aromatic rings. The first kappa shape index (κ1) is 16.4. The van der Waals surface area contributed by atoms with Crippen LogP contribution in [0.4, 0.5) is 8.78 Å². The molecule has 1 fully saturated rings. The van der Waals surface area contributed by atoms with Gasteiger partial charge in [0.15, 0.2) is 0 Å². The molecule has 1 aromatic carbocycles. The molecule has 0 saturated carbocycles. The van der Waals surface area contributed by atoms with Gasteiger partial charge in [0, 0.05) is 5.56 Å². The number of benzene rings is 1. The molecule has 9 heteroatoms. The number of hydrogen-bond acceptors (Lipinski definition) is 5. The Labute approximate surface area is 133 Å². The Kier molecular flexibility index (Phi) is 5.09. The lowest BCUT2D eigenvalue weighted by Crippen LogP contribution is -2.33. The molecule has 0 unspecified atom stereocenters. The van der Waals surface area contributed by atoms with Crippen LogP contribution in [-0.4, -0.2) is 39.4 Å². The van der Waals surface area contributed by atoms with E-state index in [1.165, 1.54) is 24.3 Å². The lowest BCUT2D eigenvalue weighted by molar-refractivity contribution is -0.140. The van der Waals surface area contributed by atoms with Crippen LogP contribution in [0.5, 0.6) is 5.75 Å². The Balaban J connectivity index is 2.29. The summed E-state index contributed by atoms with van der Waals surface area (Å²) in [6.07, 6.45) is 1.35. The molecule has 1 aliphatic rings. The number of nitrogens with zero attached hydrogens (tertiary/aromatic N) is 1. The number of thiocarbonyl (C=S) groups is 1. The molecule has 116 valence electrons. The summed E-state index contributed by atoms with van der Waals surface area (Å²) in [6, 6.07) is 5.96. The third kappa shape index (κ3) is 3.80. The second-order valence-corrected chi connectivity index (χ2v) is 5.75. The third-order valence-corrected chi connectivity index (χ3v) is 3.97. The van der Waals surface area contributed by atoms with Crippen molar-refractivity contribution in [3.05, 3.63) is 34.7 Å². The number of carbonyl (C=O) groups excluding carboxylic acids is 1. The van der Waals surface area contributed by atoms with Crippen LogP contribution >= 0.6 is 24.0 Å². The minimum Gasteiger partial charge on any atom is -0.480 e. The fourth-order valence-corrected chi connectivity index (χ4v) is 2.96. The fourth-order valence-electron chi connectivity index (χ4n) is 1.72. The van der Waals surface area contributed by atoms with E-state index >= 15 is 0 Å². The van der Waals surface area contributed by atoms with E-state index < -0.39 is 25.0 Å². The summed E-state index contributed by atoms with van der Waals surface area (Å²) >= 11 is 5.85. The van der Waals surface area contributed by atoms with Crippen molar-refractivity contribution in [3.8, 4) is 5.75 Å². The molecule has 0 bridgehead atoms. The summed E-state index contributed by atoms with van der Waals surface area (Å²) in [5.74, 6) is -1.86.